The molecule has 0 unspecified atom stereocenters. The third kappa shape index (κ3) is 2.25. The lowest BCUT2D eigenvalue weighted by Crippen LogP contribution is -2.23. The monoisotopic (exact) mass is 195 g/mol. The first-order valence-corrected chi connectivity index (χ1v) is 4.61. The molecule has 0 bridgehead atoms. The molecule has 0 saturated heterocycles. The minimum absolute atomic E-state index is 0.00819. The Morgan fingerprint density at radius 2 is 2.00 bits per heavy atom. The highest BCUT2D eigenvalue weighted by molar-refractivity contribution is 5.35. The minimum Gasteiger partial charge on any atom is -0.496 e. The van der Waals surface area contributed by atoms with Crippen LogP contribution in [0.5, 0.6) is 5.75 Å². The van der Waals surface area contributed by atoms with Crippen LogP contribution in [0, 0.1) is 0 Å². The number of para-hydroxylation sites is 1. The zero-order valence-corrected chi connectivity index (χ0v) is 8.90. The second-order valence-corrected chi connectivity index (χ2v) is 3.40. The van der Waals surface area contributed by atoms with Crippen molar-refractivity contribution in [1.29, 1.82) is 0 Å². The topological polar surface area (TPSA) is 32.7 Å². The molecule has 0 aliphatic heterocycles. The third-order valence-electron chi connectivity index (χ3n) is 2.29. The van der Waals surface area contributed by atoms with Gasteiger partial charge in [0.2, 0.25) is 0 Å². The van der Waals surface area contributed by atoms with Crippen LogP contribution in [0.25, 0.3) is 0 Å². The maximum absolute atomic E-state index is 9.27. The van der Waals surface area contributed by atoms with Crippen molar-refractivity contribution >= 4 is 0 Å². The molecule has 1 aromatic carbocycles. The van der Waals surface area contributed by atoms with E-state index in [1.165, 1.54) is 0 Å². The summed E-state index contributed by atoms with van der Waals surface area (Å²) in [6.07, 6.45) is 0. The van der Waals surface area contributed by atoms with E-state index in [4.69, 9.17) is 4.74 Å². The zero-order valence-electron chi connectivity index (χ0n) is 8.90. The number of benzene rings is 1. The fourth-order valence-corrected chi connectivity index (χ4v) is 1.48. The Balaban J connectivity index is 3.02. The molecular formula is C11H17NO2. The maximum atomic E-state index is 9.27. The molecule has 1 aromatic rings. The van der Waals surface area contributed by atoms with Gasteiger partial charge in [-0.3, -0.25) is 0 Å². The number of ether oxygens (including phenoxy) is 1. The normalized spacial score (nSPS) is 12.9. The highest BCUT2D eigenvalue weighted by Crippen LogP contribution is 2.27. The predicted molar refractivity (Wildman–Crippen MR) is 56.5 cm³/mol. The van der Waals surface area contributed by atoms with Gasteiger partial charge >= 0.3 is 0 Å². The number of hydrogen-bond donors (Lipinski definition) is 1. The van der Waals surface area contributed by atoms with Crippen molar-refractivity contribution in [2.24, 2.45) is 0 Å². The molecule has 0 saturated carbocycles. The summed E-state index contributed by atoms with van der Waals surface area (Å²) in [5.41, 5.74) is 1.02. The number of hydrogen-bond acceptors (Lipinski definition) is 3. The molecule has 0 aromatic heterocycles. The SMILES string of the molecule is COc1ccccc1[C@H](CO)N(C)C. The van der Waals surface area contributed by atoms with E-state index in [-0.39, 0.29) is 12.6 Å². The van der Waals surface area contributed by atoms with E-state index in [1.54, 1.807) is 7.11 Å². The summed E-state index contributed by atoms with van der Waals surface area (Å²) >= 11 is 0. The van der Waals surface area contributed by atoms with Crippen molar-refractivity contribution < 1.29 is 9.84 Å². The summed E-state index contributed by atoms with van der Waals surface area (Å²) in [6, 6.07) is 7.74. The van der Waals surface area contributed by atoms with Gasteiger partial charge in [0, 0.05) is 5.56 Å². The van der Waals surface area contributed by atoms with Crippen LogP contribution in [0.4, 0.5) is 0 Å². The number of likely N-dealkylation sites (N-methyl/N-ethyl adjacent to an activating group) is 1. The molecule has 0 aliphatic rings. The molecule has 0 aliphatic carbocycles. The smallest absolute Gasteiger partial charge is 0.123 e. The van der Waals surface area contributed by atoms with Crippen LogP contribution in [-0.2, 0) is 0 Å². The number of aliphatic hydroxyl groups is 1. The molecule has 0 fully saturated rings. The Morgan fingerprint density at radius 1 is 1.36 bits per heavy atom. The minimum atomic E-state index is -0.00819. The Labute approximate surface area is 84.9 Å². The first-order chi connectivity index (χ1) is 6.70. The fourth-order valence-electron chi connectivity index (χ4n) is 1.48. The first kappa shape index (κ1) is 11.0. The molecule has 3 heteroatoms. The maximum Gasteiger partial charge on any atom is 0.123 e. The summed E-state index contributed by atoms with van der Waals surface area (Å²) in [7, 11) is 5.52. The lowest BCUT2D eigenvalue weighted by molar-refractivity contribution is 0.168. The second-order valence-electron chi connectivity index (χ2n) is 3.40. The molecule has 1 atom stereocenters. The zero-order chi connectivity index (χ0) is 10.6. The highest BCUT2D eigenvalue weighted by atomic mass is 16.5. The van der Waals surface area contributed by atoms with Gasteiger partial charge < -0.3 is 14.7 Å². The molecule has 78 valence electrons. The van der Waals surface area contributed by atoms with Gasteiger partial charge in [0.05, 0.1) is 19.8 Å². The Kier molecular flexibility index (Phi) is 3.92. The van der Waals surface area contributed by atoms with Crippen molar-refractivity contribution in [3.8, 4) is 5.75 Å². The van der Waals surface area contributed by atoms with E-state index in [0.717, 1.165) is 11.3 Å². The lowest BCUT2D eigenvalue weighted by atomic mass is 10.1. The molecule has 1 rings (SSSR count). The Hall–Kier alpha value is -1.06. The van der Waals surface area contributed by atoms with Crippen LogP contribution in [0.1, 0.15) is 11.6 Å². The predicted octanol–water partition coefficient (Wildman–Crippen LogP) is 1.29. The molecular weight excluding hydrogens is 178 g/mol. The summed E-state index contributed by atoms with van der Waals surface area (Å²) < 4.78 is 5.24. The Morgan fingerprint density at radius 3 is 2.50 bits per heavy atom. The first-order valence-electron chi connectivity index (χ1n) is 4.61. The van der Waals surface area contributed by atoms with Crippen LogP contribution in [0.3, 0.4) is 0 Å². The molecule has 0 spiro atoms. The molecule has 3 nitrogen and oxygen atoms in total. The standard InChI is InChI=1S/C11H17NO2/c1-12(2)10(8-13)9-6-4-5-7-11(9)14-3/h4-7,10,13H,8H2,1-3H3/t10-/m0/s1. The van der Waals surface area contributed by atoms with E-state index in [2.05, 4.69) is 0 Å². The average molecular weight is 195 g/mol. The van der Waals surface area contributed by atoms with Crippen LogP contribution in [-0.4, -0.2) is 37.8 Å². The van der Waals surface area contributed by atoms with Gasteiger partial charge in [-0.05, 0) is 20.2 Å². The van der Waals surface area contributed by atoms with Crippen LogP contribution in [0.2, 0.25) is 0 Å². The van der Waals surface area contributed by atoms with Crippen LogP contribution in [0.15, 0.2) is 24.3 Å². The molecule has 0 heterocycles. The van der Waals surface area contributed by atoms with Gasteiger partial charge in [-0.1, -0.05) is 18.2 Å². The van der Waals surface area contributed by atoms with Crippen molar-refractivity contribution in [1.82, 2.24) is 4.90 Å². The number of methoxy groups -OCH3 is 1. The average Bonchev–Trinajstić information content (AvgIpc) is 2.19. The number of aliphatic hydroxyl groups excluding tert-OH is 1. The second kappa shape index (κ2) is 4.98. The third-order valence-corrected chi connectivity index (χ3v) is 2.29. The Bertz CT molecular complexity index is 286. The van der Waals surface area contributed by atoms with Gasteiger partial charge in [-0.2, -0.15) is 0 Å². The van der Waals surface area contributed by atoms with Crippen LogP contribution >= 0.6 is 0 Å². The van der Waals surface area contributed by atoms with Gasteiger partial charge in [0.25, 0.3) is 0 Å². The molecule has 1 N–H and O–H groups in total. The highest BCUT2D eigenvalue weighted by Gasteiger charge is 2.16. The van der Waals surface area contributed by atoms with E-state index in [9.17, 15) is 5.11 Å². The van der Waals surface area contributed by atoms with Crippen molar-refractivity contribution in [3.05, 3.63) is 29.8 Å². The van der Waals surface area contributed by atoms with Crippen LogP contribution < -0.4 is 4.74 Å². The van der Waals surface area contributed by atoms with Gasteiger partial charge in [0.15, 0.2) is 0 Å². The van der Waals surface area contributed by atoms with E-state index in [1.807, 2.05) is 43.3 Å². The van der Waals surface area contributed by atoms with E-state index < -0.39 is 0 Å². The van der Waals surface area contributed by atoms with Gasteiger partial charge in [-0.25, -0.2) is 0 Å². The van der Waals surface area contributed by atoms with Gasteiger partial charge in [-0.15, -0.1) is 0 Å². The van der Waals surface area contributed by atoms with Crippen molar-refractivity contribution in [2.45, 2.75) is 6.04 Å². The number of nitrogens with zero attached hydrogens (tertiary/aromatic N) is 1. The number of rotatable bonds is 4. The van der Waals surface area contributed by atoms with Gasteiger partial charge in [0.1, 0.15) is 5.75 Å². The lowest BCUT2D eigenvalue weighted by Gasteiger charge is -2.24. The summed E-state index contributed by atoms with van der Waals surface area (Å²) in [6.45, 7) is 0.0906. The molecule has 14 heavy (non-hydrogen) atoms. The molecule has 0 amide bonds. The van der Waals surface area contributed by atoms with Crippen molar-refractivity contribution in [2.75, 3.05) is 27.8 Å². The van der Waals surface area contributed by atoms with E-state index >= 15 is 0 Å². The largest absolute Gasteiger partial charge is 0.496 e. The summed E-state index contributed by atoms with van der Waals surface area (Å²) in [5.74, 6) is 0.820. The van der Waals surface area contributed by atoms with E-state index in [0.29, 0.717) is 0 Å². The molecule has 0 radical (unpaired) electrons. The summed E-state index contributed by atoms with van der Waals surface area (Å²) in [5, 5.41) is 9.27. The summed E-state index contributed by atoms with van der Waals surface area (Å²) in [4.78, 5) is 1.97. The quantitative estimate of drug-likeness (QED) is 0.785. The van der Waals surface area contributed by atoms with Crippen molar-refractivity contribution in [3.63, 3.8) is 0 Å². The fraction of sp³-hybridized carbons (Fsp3) is 0.455.